The van der Waals surface area contributed by atoms with E-state index < -0.39 is 6.09 Å². The van der Waals surface area contributed by atoms with Crippen molar-refractivity contribution in [3.8, 4) is 0 Å². The van der Waals surface area contributed by atoms with E-state index in [9.17, 15) is 14.4 Å². The largest absolute Gasteiger partial charge is 0.439 e. The highest BCUT2D eigenvalue weighted by atomic mass is 16.6. The van der Waals surface area contributed by atoms with Crippen LogP contribution in [0, 0.1) is 5.41 Å². The molecule has 0 aliphatic carbocycles. The van der Waals surface area contributed by atoms with Gasteiger partial charge >= 0.3 is 6.09 Å². The second-order valence-electron chi connectivity index (χ2n) is 6.67. The van der Waals surface area contributed by atoms with Crippen LogP contribution in [0.25, 0.3) is 0 Å². The van der Waals surface area contributed by atoms with E-state index in [1.807, 2.05) is 25.7 Å². The summed E-state index contributed by atoms with van der Waals surface area (Å²) in [5, 5.41) is 0. The second kappa shape index (κ2) is 5.42. The van der Waals surface area contributed by atoms with Crippen molar-refractivity contribution in [2.45, 2.75) is 46.1 Å². The van der Waals surface area contributed by atoms with E-state index in [0.717, 1.165) is 0 Å². The molecule has 0 aromatic heterocycles. The molecular formula is C14H22N2O4. The van der Waals surface area contributed by atoms with E-state index in [1.54, 1.807) is 0 Å². The normalized spacial score (nSPS) is 21.4. The molecule has 0 radical (unpaired) electrons. The lowest BCUT2D eigenvalue weighted by molar-refractivity contribution is -0.135. The number of likely N-dealkylation sites (tertiary alicyclic amines) is 1. The lowest BCUT2D eigenvalue weighted by Gasteiger charge is -2.35. The summed E-state index contributed by atoms with van der Waals surface area (Å²) in [5.41, 5.74) is -0.0251. The maximum Gasteiger partial charge on any atom is 0.417 e. The fourth-order valence-electron chi connectivity index (χ4n) is 2.66. The molecule has 0 spiro atoms. The van der Waals surface area contributed by atoms with E-state index in [4.69, 9.17) is 4.74 Å². The number of ether oxygens (including phenoxy) is 1. The van der Waals surface area contributed by atoms with Gasteiger partial charge in [-0.2, -0.15) is 0 Å². The first-order valence-electron chi connectivity index (χ1n) is 7.04. The summed E-state index contributed by atoms with van der Waals surface area (Å²) in [4.78, 5) is 38.2. The molecule has 6 heteroatoms. The Kier molecular flexibility index (Phi) is 4.01. The summed E-state index contributed by atoms with van der Waals surface area (Å²) in [6, 6.07) is -0.129. The average molecular weight is 282 g/mol. The third-order valence-corrected chi connectivity index (χ3v) is 3.65. The Morgan fingerprint density at radius 2 is 1.85 bits per heavy atom. The number of amides is 3. The third kappa shape index (κ3) is 3.29. The van der Waals surface area contributed by atoms with E-state index in [1.165, 1.54) is 4.90 Å². The molecule has 0 aromatic carbocycles. The van der Waals surface area contributed by atoms with E-state index >= 15 is 0 Å². The van der Waals surface area contributed by atoms with Crippen molar-refractivity contribution in [1.82, 2.24) is 9.80 Å². The van der Waals surface area contributed by atoms with Crippen molar-refractivity contribution in [2.24, 2.45) is 5.41 Å². The van der Waals surface area contributed by atoms with Crippen LogP contribution in [-0.2, 0) is 14.3 Å². The van der Waals surface area contributed by atoms with Gasteiger partial charge in [-0.05, 0) is 18.3 Å². The van der Waals surface area contributed by atoms with E-state index in [0.29, 0.717) is 32.4 Å². The molecule has 2 saturated heterocycles. The molecule has 3 amide bonds. The number of cyclic esters (lactones) is 1. The standard InChI is InChI=1S/C14H22N2O4/c1-14(2,3)8-11(17)15-6-4-10(5-7-15)16-12(18)9-20-13(16)19/h10H,4-9H2,1-3H3. The Morgan fingerprint density at radius 1 is 1.25 bits per heavy atom. The van der Waals surface area contributed by atoms with Crippen LogP contribution in [0.2, 0.25) is 0 Å². The highest BCUT2D eigenvalue weighted by Crippen LogP contribution is 2.24. The Balaban J connectivity index is 1.88. The maximum atomic E-state index is 12.1. The number of hydrogen-bond acceptors (Lipinski definition) is 4. The predicted octanol–water partition coefficient (Wildman–Crippen LogP) is 1.39. The minimum Gasteiger partial charge on any atom is -0.439 e. The molecule has 0 atom stereocenters. The Labute approximate surface area is 119 Å². The van der Waals surface area contributed by atoms with Crippen molar-refractivity contribution in [3.05, 3.63) is 0 Å². The SMILES string of the molecule is CC(C)(C)CC(=O)N1CCC(N2C(=O)COC2=O)CC1. The van der Waals surface area contributed by atoms with Crippen molar-refractivity contribution >= 4 is 17.9 Å². The molecule has 0 aromatic rings. The van der Waals surface area contributed by atoms with Gasteiger partial charge in [0.05, 0.1) is 0 Å². The van der Waals surface area contributed by atoms with Crippen molar-refractivity contribution in [2.75, 3.05) is 19.7 Å². The maximum absolute atomic E-state index is 12.1. The summed E-state index contributed by atoms with van der Waals surface area (Å²) in [6.45, 7) is 7.15. The summed E-state index contributed by atoms with van der Waals surface area (Å²) in [6.07, 6.45) is 1.24. The molecule has 2 rings (SSSR count). The molecule has 0 unspecified atom stereocenters. The van der Waals surface area contributed by atoms with Crippen LogP contribution in [0.15, 0.2) is 0 Å². The van der Waals surface area contributed by atoms with Gasteiger partial charge in [0, 0.05) is 25.6 Å². The smallest absolute Gasteiger partial charge is 0.417 e. The first-order chi connectivity index (χ1) is 9.28. The first-order valence-corrected chi connectivity index (χ1v) is 7.04. The highest BCUT2D eigenvalue weighted by Gasteiger charge is 2.39. The fourth-order valence-corrected chi connectivity index (χ4v) is 2.66. The number of imide groups is 1. The van der Waals surface area contributed by atoms with Gasteiger partial charge in [-0.25, -0.2) is 9.69 Å². The lowest BCUT2D eigenvalue weighted by Crippen LogP contribution is -2.48. The van der Waals surface area contributed by atoms with Gasteiger partial charge in [-0.1, -0.05) is 20.8 Å². The van der Waals surface area contributed by atoms with Gasteiger partial charge in [0.25, 0.3) is 5.91 Å². The third-order valence-electron chi connectivity index (χ3n) is 3.65. The zero-order valence-electron chi connectivity index (χ0n) is 12.3. The number of hydrogen-bond donors (Lipinski definition) is 0. The van der Waals surface area contributed by atoms with Gasteiger partial charge < -0.3 is 9.64 Å². The van der Waals surface area contributed by atoms with Crippen LogP contribution < -0.4 is 0 Å². The number of rotatable bonds is 2. The lowest BCUT2D eigenvalue weighted by atomic mass is 9.91. The van der Waals surface area contributed by atoms with Gasteiger partial charge in [-0.3, -0.25) is 9.59 Å². The number of nitrogens with zero attached hydrogens (tertiary/aromatic N) is 2. The van der Waals surface area contributed by atoms with Crippen LogP contribution in [0.4, 0.5) is 4.79 Å². The average Bonchev–Trinajstić information content (AvgIpc) is 2.67. The Bertz CT molecular complexity index is 403. The fraction of sp³-hybridized carbons (Fsp3) is 0.786. The van der Waals surface area contributed by atoms with Gasteiger partial charge in [0.1, 0.15) is 0 Å². The quantitative estimate of drug-likeness (QED) is 0.767. The monoisotopic (exact) mass is 282 g/mol. The number of carbonyl (C=O) groups excluding carboxylic acids is 3. The topological polar surface area (TPSA) is 66.9 Å². The van der Waals surface area contributed by atoms with Gasteiger partial charge in [-0.15, -0.1) is 0 Å². The molecule has 20 heavy (non-hydrogen) atoms. The van der Waals surface area contributed by atoms with Crippen molar-refractivity contribution in [1.29, 1.82) is 0 Å². The summed E-state index contributed by atoms with van der Waals surface area (Å²) in [7, 11) is 0. The molecule has 2 aliphatic heterocycles. The number of carbonyl (C=O) groups is 3. The molecule has 2 fully saturated rings. The zero-order chi connectivity index (χ0) is 14.9. The van der Waals surface area contributed by atoms with Crippen LogP contribution >= 0.6 is 0 Å². The van der Waals surface area contributed by atoms with Crippen LogP contribution in [0.5, 0.6) is 0 Å². The Morgan fingerprint density at radius 3 is 2.30 bits per heavy atom. The molecular weight excluding hydrogens is 260 g/mol. The molecule has 6 nitrogen and oxygen atoms in total. The van der Waals surface area contributed by atoms with Crippen LogP contribution in [0.1, 0.15) is 40.0 Å². The number of piperidine rings is 1. The zero-order valence-corrected chi connectivity index (χ0v) is 12.3. The predicted molar refractivity (Wildman–Crippen MR) is 71.9 cm³/mol. The molecule has 2 aliphatic rings. The minimum absolute atomic E-state index is 0.0251. The second-order valence-corrected chi connectivity index (χ2v) is 6.67. The van der Waals surface area contributed by atoms with E-state index in [2.05, 4.69) is 0 Å². The van der Waals surface area contributed by atoms with Gasteiger partial charge in [0.2, 0.25) is 5.91 Å². The Hall–Kier alpha value is -1.59. The molecule has 0 N–H and O–H groups in total. The van der Waals surface area contributed by atoms with Gasteiger partial charge in [0.15, 0.2) is 6.61 Å². The van der Waals surface area contributed by atoms with Crippen LogP contribution in [0.3, 0.4) is 0 Å². The van der Waals surface area contributed by atoms with E-state index in [-0.39, 0.29) is 29.9 Å². The molecule has 0 saturated carbocycles. The summed E-state index contributed by atoms with van der Waals surface area (Å²) >= 11 is 0. The highest BCUT2D eigenvalue weighted by molar-refractivity contribution is 5.98. The summed E-state index contributed by atoms with van der Waals surface area (Å²) in [5.74, 6) is -0.124. The molecule has 112 valence electrons. The van der Waals surface area contributed by atoms with Crippen LogP contribution in [-0.4, -0.2) is 53.4 Å². The molecule has 2 heterocycles. The van der Waals surface area contributed by atoms with Crippen molar-refractivity contribution in [3.63, 3.8) is 0 Å². The molecule has 0 bridgehead atoms. The summed E-state index contributed by atoms with van der Waals surface area (Å²) < 4.78 is 4.73. The minimum atomic E-state index is -0.547. The van der Waals surface area contributed by atoms with Crippen molar-refractivity contribution < 1.29 is 19.1 Å². The first kappa shape index (κ1) is 14.8.